The fourth-order valence-corrected chi connectivity index (χ4v) is 2.63. The molecule has 21 heavy (non-hydrogen) atoms. The second-order valence-electron chi connectivity index (χ2n) is 4.19. The Balaban J connectivity index is 1.89. The van der Waals surface area contributed by atoms with E-state index >= 15 is 0 Å². The van der Waals surface area contributed by atoms with Crippen molar-refractivity contribution in [2.24, 2.45) is 5.73 Å². The highest BCUT2D eigenvalue weighted by atomic mass is 32.1. The number of carbonyl (C=O) groups excluding carboxylic acids is 1. The Kier molecular flexibility index (Phi) is 3.36. The molecule has 0 aliphatic heterocycles. The van der Waals surface area contributed by atoms with Crippen LogP contribution in [0.4, 0.5) is 0 Å². The van der Waals surface area contributed by atoms with Crippen LogP contribution in [0.3, 0.4) is 0 Å². The second kappa shape index (κ2) is 5.33. The molecule has 0 saturated heterocycles. The Bertz CT molecular complexity index is 898. The lowest BCUT2D eigenvalue weighted by molar-refractivity contribution is -0.119. The van der Waals surface area contributed by atoms with Crippen LogP contribution in [0.2, 0.25) is 0 Å². The second-order valence-corrected chi connectivity index (χ2v) is 5.20. The van der Waals surface area contributed by atoms with Gasteiger partial charge in [0.05, 0.1) is 4.53 Å². The molecule has 0 aliphatic carbocycles. The van der Waals surface area contributed by atoms with E-state index in [1.807, 2.05) is 0 Å². The van der Waals surface area contributed by atoms with Crippen molar-refractivity contribution in [1.29, 1.82) is 0 Å². The van der Waals surface area contributed by atoms with E-state index in [0.717, 1.165) is 5.56 Å². The van der Waals surface area contributed by atoms with Gasteiger partial charge < -0.3 is 10.5 Å². The number of benzene rings is 1. The maximum absolute atomic E-state index is 12.0. The number of carbonyl (C=O) groups is 1. The molecular formula is C13H10N4O3S. The summed E-state index contributed by atoms with van der Waals surface area (Å²) in [7, 11) is 0. The van der Waals surface area contributed by atoms with E-state index in [1.54, 1.807) is 30.3 Å². The number of hydrogen-bond donors (Lipinski definition) is 1. The molecule has 0 saturated carbocycles. The molecule has 1 aromatic carbocycles. The number of ether oxygens (including phenoxy) is 1. The number of amides is 1. The number of nitrogens with two attached hydrogens (primary N) is 1. The molecule has 2 N–H and O–H groups in total. The Morgan fingerprint density at radius 3 is 2.81 bits per heavy atom. The van der Waals surface area contributed by atoms with E-state index in [0.29, 0.717) is 15.2 Å². The summed E-state index contributed by atoms with van der Waals surface area (Å²) in [5.74, 6) is 0.00649. The molecule has 3 aromatic rings. The van der Waals surface area contributed by atoms with Crippen molar-refractivity contribution >= 4 is 28.3 Å². The molecule has 0 bridgehead atoms. The molecule has 0 unspecified atom stereocenters. The lowest BCUT2D eigenvalue weighted by Gasteiger charge is -2.03. The summed E-state index contributed by atoms with van der Waals surface area (Å²) in [5.41, 5.74) is 5.64. The molecule has 2 heterocycles. The van der Waals surface area contributed by atoms with Gasteiger partial charge in [0.1, 0.15) is 12.1 Å². The minimum Gasteiger partial charge on any atom is -0.484 e. The molecule has 0 fully saturated rings. The van der Waals surface area contributed by atoms with E-state index in [2.05, 4.69) is 10.1 Å². The van der Waals surface area contributed by atoms with Crippen molar-refractivity contribution in [3.63, 3.8) is 0 Å². The molecule has 0 aliphatic rings. The highest BCUT2D eigenvalue weighted by Gasteiger charge is 2.05. The Morgan fingerprint density at radius 1 is 1.38 bits per heavy atom. The Labute approximate surface area is 122 Å². The van der Waals surface area contributed by atoms with Crippen molar-refractivity contribution in [2.45, 2.75) is 0 Å². The molecule has 0 spiro atoms. The lowest BCUT2D eigenvalue weighted by Crippen LogP contribution is -2.23. The minimum atomic E-state index is -0.531. The normalized spacial score (nSPS) is 11.9. The zero-order valence-corrected chi connectivity index (χ0v) is 11.5. The SMILES string of the molecule is NC(=O)COc1ccc(/C=c2\sc3ncnn3c2=O)cc1. The van der Waals surface area contributed by atoms with Crippen LogP contribution in [0.1, 0.15) is 5.56 Å². The van der Waals surface area contributed by atoms with Gasteiger partial charge in [0, 0.05) is 0 Å². The molecule has 7 nitrogen and oxygen atoms in total. The highest BCUT2D eigenvalue weighted by Crippen LogP contribution is 2.12. The average Bonchev–Trinajstić information content (AvgIpc) is 3.03. The van der Waals surface area contributed by atoms with Crippen molar-refractivity contribution < 1.29 is 9.53 Å². The van der Waals surface area contributed by atoms with Crippen LogP contribution in [0.15, 0.2) is 35.4 Å². The van der Waals surface area contributed by atoms with Crippen LogP contribution in [0.5, 0.6) is 5.75 Å². The molecule has 2 aromatic heterocycles. The largest absolute Gasteiger partial charge is 0.484 e. The van der Waals surface area contributed by atoms with Gasteiger partial charge in [-0.25, -0.2) is 4.98 Å². The van der Waals surface area contributed by atoms with E-state index in [4.69, 9.17) is 10.5 Å². The lowest BCUT2D eigenvalue weighted by atomic mass is 10.2. The first-order valence-corrected chi connectivity index (χ1v) is 6.80. The van der Waals surface area contributed by atoms with Gasteiger partial charge in [0.15, 0.2) is 6.61 Å². The van der Waals surface area contributed by atoms with Gasteiger partial charge in [-0.2, -0.15) is 9.61 Å². The zero-order chi connectivity index (χ0) is 14.8. The molecule has 3 rings (SSSR count). The predicted octanol–water partition coefficient (Wildman–Crippen LogP) is -0.437. The first-order chi connectivity index (χ1) is 10.1. The van der Waals surface area contributed by atoms with Crippen molar-refractivity contribution in [3.05, 3.63) is 51.0 Å². The number of thiazole rings is 1. The maximum Gasteiger partial charge on any atom is 0.291 e. The zero-order valence-electron chi connectivity index (χ0n) is 10.7. The minimum absolute atomic E-state index is 0.165. The average molecular weight is 302 g/mol. The summed E-state index contributed by atoms with van der Waals surface area (Å²) < 4.78 is 6.98. The Hall–Kier alpha value is -2.74. The van der Waals surface area contributed by atoms with Gasteiger partial charge >= 0.3 is 0 Å². The third-order valence-electron chi connectivity index (χ3n) is 2.68. The third-order valence-corrected chi connectivity index (χ3v) is 3.65. The van der Waals surface area contributed by atoms with Gasteiger partial charge in [-0.15, -0.1) is 0 Å². The van der Waals surface area contributed by atoms with E-state index in [1.165, 1.54) is 22.2 Å². The van der Waals surface area contributed by atoms with Gasteiger partial charge in [-0.1, -0.05) is 23.5 Å². The summed E-state index contributed by atoms with van der Waals surface area (Å²) in [6.07, 6.45) is 3.10. The van der Waals surface area contributed by atoms with E-state index in [9.17, 15) is 9.59 Å². The number of hydrogen-bond acceptors (Lipinski definition) is 6. The van der Waals surface area contributed by atoms with E-state index < -0.39 is 5.91 Å². The number of primary amides is 1. The van der Waals surface area contributed by atoms with Crippen LogP contribution in [-0.4, -0.2) is 27.1 Å². The van der Waals surface area contributed by atoms with Crippen molar-refractivity contribution in [3.8, 4) is 5.75 Å². The van der Waals surface area contributed by atoms with Gasteiger partial charge in [0.25, 0.3) is 11.5 Å². The van der Waals surface area contributed by atoms with Gasteiger partial charge in [-0.3, -0.25) is 9.59 Å². The summed E-state index contributed by atoms with van der Waals surface area (Å²) in [6, 6.07) is 6.98. The first-order valence-electron chi connectivity index (χ1n) is 5.99. The topological polar surface area (TPSA) is 99.6 Å². The Morgan fingerprint density at radius 2 is 2.14 bits per heavy atom. The monoisotopic (exact) mass is 302 g/mol. The fraction of sp³-hybridized carbons (Fsp3) is 0.0769. The molecule has 1 amide bonds. The summed E-state index contributed by atoms with van der Waals surface area (Å²) in [5, 5.41) is 3.86. The molecular weight excluding hydrogens is 292 g/mol. The number of fused-ring (bicyclic) bond motifs is 1. The van der Waals surface area contributed by atoms with Crippen LogP contribution in [0.25, 0.3) is 11.0 Å². The maximum atomic E-state index is 12.0. The van der Waals surface area contributed by atoms with Gasteiger partial charge in [0.2, 0.25) is 4.96 Å². The number of aromatic nitrogens is 3. The van der Waals surface area contributed by atoms with Crippen LogP contribution in [-0.2, 0) is 4.79 Å². The molecule has 0 atom stereocenters. The first kappa shape index (κ1) is 13.3. The smallest absolute Gasteiger partial charge is 0.291 e. The van der Waals surface area contributed by atoms with Crippen molar-refractivity contribution in [2.75, 3.05) is 6.61 Å². The quantitative estimate of drug-likeness (QED) is 0.704. The predicted molar refractivity (Wildman–Crippen MR) is 77.1 cm³/mol. The number of nitrogens with zero attached hydrogens (tertiary/aromatic N) is 3. The van der Waals surface area contributed by atoms with E-state index in [-0.39, 0.29) is 12.2 Å². The third kappa shape index (κ3) is 2.75. The van der Waals surface area contributed by atoms with Crippen LogP contribution < -0.4 is 20.6 Å². The summed E-state index contributed by atoms with van der Waals surface area (Å²) >= 11 is 1.27. The molecule has 106 valence electrons. The summed E-state index contributed by atoms with van der Waals surface area (Å²) in [6.45, 7) is -0.165. The summed E-state index contributed by atoms with van der Waals surface area (Å²) in [4.78, 5) is 27.2. The molecule has 0 radical (unpaired) electrons. The van der Waals surface area contributed by atoms with Crippen LogP contribution in [0, 0.1) is 0 Å². The molecule has 8 heteroatoms. The van der Waals surface area contributed by atoms with Gasteiger partial charge in [-0.05, 0) is 23.8 Å². The highest BCUT2D eigenvalue weighted by molar-refractivity contribution is 7.15. The van der Waals surface area contributed by atoms with Crippen molar-refractivity contribution in [1.82, 2.24) is 14.6 Å². The standard InChI is InChI=1S/C13H10N4O3S/c14-11(18)6-20-9-3-1-8(2-4-9)5-10-12(19)17-13(21-10)15-7-16-17/h1-5,7H,6H2,(H2,14,18)/b10-5-. The fourth-order valence-electron chi connectivity index (χ4n) is 1.74. The van der Waals surface area contributed by atoms with Crippen LogP contribution >= 0.6 is 11.3 Å². The number of rotatable bonds is 4.